The molecule has 0 radical (unpaired) electrons. The molecule has 0 saturated carbocycles. The van der Waals surface area contributed by atoms with Crippen LogP contribution in [0, 0.1) is 0 Å². The molecule has 5 nitrogen and oxygen atoms in total. The van der Waals surface area contributed by atoms with Gasteiger partial charge in [-0.3, -0.25) is 9.13 Å². The molecule has 0 aliphatic carbocycles. The number of hydrogen-bond acceptors (Lipinski definition) is 3. The van der Waals surface area contributed by atoms with Crippen LogP contribution in [0.15, 0.2) is 236 Å². The fourth-order valence-corrected chi connectivity index (χ4v) is 12.5. The molecular formula is C57H39N5Si. The summed E-state index contributed by atoms with van der Waals surface area (Å²) in [5, 5.41) is 0.828. The van der Waals surface area contributed by atoms with E-state index in [4.69, 9.17) is 30.0 Å². The summed E-state index contributed by atoms with van der Waals surface area (Å²) in [6.07, 6.45) is 0. The molecule has 0 atom stereocenters. The van der Waals surface area contributed by atoms with Gasteiger partial charge in [0.1, 0.15) is 0 Å². The normalized spacial score (nSPS) is 16.0. The molecule has 0 bridgehead atoms. The maximum absolute atomic E-state index is 10.7. The van der Waals surface area contributed by atoms with Gasteiger partial charge in [0.2, 0.25) is 11.9 Å². The standard InChI is InChI=1S/C57H39N5Si/c1-4-20-40(21-5-1)41-22-18-28-45(38-41)63(43-24-6-2-7-25-43,44-26-8-3-9-27-44)46-29-19-23-42(39-46)55-58-56(61-51-34-14-10-30-47(51)48-31-11-15-35-52(48)61)60-57(59-55)62-53-36-16-12-32-49(53)50-33-13-17-37-54(50)62/h1-39H/i1D,2D,3D,4D,5D,6D,7D,8D,9D,19D,20D,21D,23D,24D,25D,26D,27D,29D,39D. The molecule has 0 amide bonds. The zero-order valence-electron chi connectivity index (χ0n) is 51.8. The average Bonchev–Trinajstić information content (AvgIpc) is 1.01. The molecule has 296 valence electrons. The number of hydrogen-bond donors (Lipinski definition) is 0. The lowest BCUT2D eigenvalue weighted by Gasteiger charge is -2.35. The van der Waals surface area contributed by atoms with E-state index in [1.807, 2.05) is 97.1 Å². The van der Waals surface area contributed by atoms with Crippen LogP contribution in [0.4, 0.5) is 0 Å². The predicted octanol–water partition coefficient (Wildman–Crippen LogP) is 10.8. The van der Waals surface area contributed by atoms with Crippen molar-refractivity contribution in [3.63, 3.8) is 0 Å². The Labute approximate surface area is 392 Å². The molecular weight excluding hydrogens is 783 g/mol. The van der Waals surface area contributed by atoms with Crippen LogP contribution < -0.4 is 20.7 Å². The Balaban J connectivity index is 1.31. The minimum absolute atomic E-state index is 0.0350. The molecule has 0 spiro atoms. The smallest absolute Gasteiger partial charge is 0.240 e. The van der Waals surface area contributed by atoms with E-state index in [-0.39, 0.29) is 28.2 Å². The second-order valence-electron chi connectivity index (χ2n) is 14.6. The van der Waals surface area contributed by atoms with Crippen molar-refractivity contribution in [2.45, 2.75) is 0 Å². The lowest BCUT2D eigenvalue weighted by molar-refractivity contribution is 0.893. The van der Waals surface area contributed by atoms with Crippen molar-refractivity contribution in [3.05, 3.63) is 236 Å². The number of nitrogens with zero attached hydrogens (tertiary/aromatic N) is 5. The molecule has 6 heteroatoms. The number of aromatic nitrogens is 5. The van der Waals surface area contributed by atoms with E-state index < -0.39 is 150 Å². The van der Waals surface area contributed by atoms with E-state index in [0.29, 0.717) is 22.1 Å². The zero-order valence-corrected chi connectivity index (χ0v) is 33.8. The van der Waals surface area contributed by atoms with Crippen molar-refractivity contribution in [2.75, 3.05) is 0 Å². The highest BCUT2D eigenvalue weighted by Crippen LogP contribution is 2.34. The third-order valence-corrected chi connectivity index (χ3v) is 15.4. The lowest BCUT2D eigenvalue weighted by Crippen LogP contribution is -2.74. The average molecular weight is 841 g/mol. The maximum atomic E-state index is 10.7. The summed E-state index contributed by atoms with van der Waals surface area (Å²) in [5.74, 6) is -0.495. The molecule has 63 heavy (non-hydrogen) atoms. The van der Waals surface area contributed by atoms with Crippen LogP contribution in [-0.2, 0) is 0 Å². The summed E-state index contributed by atoms with van der Waals surface area (Å²) in [7, 11) is -5.78. The first-order chi connectivity index (χ1) is 39.1. The quantitative estimate of drug-likeness (QED) is 0.113. The van der Waals surface area contributed by atoms with Gasteiger partial charge in [0, 0.05) is 27.1 Å². The van der Waals surface area contributed by atoms with Gasteiger partial charge >= 0.3 is 0 Å². The van der Waals surface area contributed by atoms with Crippen molar-refractivity contribution >= 4 is 72.4 Å². The monoisotopic (exact) mass is 840 g/mol. The Hall–Kier alpha value is -8.19. The SMILES string of the molecule is [2H]c1c([2H])c([2H])c(-c2cccc([Si](c3c([2H])c([2H])c([2H])c([2H])c3[2H])(c3c([2H])c([2H])c([2H])c([2H])c3[2H])c3c([2H])c([2H])c([2H])c(-c4nc(-n5c6ccccc6c6ccccc65)nc(-n5c6ccccc6c6ccccc65)n4)c3[2H])c2)c([2H])c1[2H]. The number of benzene rings is 9. The first kappa shape index (κ1) is 22.1. The Morgan fingerprint density at radius 1 is 0.349 bits per heavy atom. The van der Waals surface area contributed by atoms with Gasteiger partial charge in [-0.15, -0.1) is 0 Å². The highest BCUT2D eigenvalue weighted by Gasteiger charge is 2.42. The van der Waals surface area contributed by atoms with Crippen LogP contribution in [0.5, 0.6) is 0 Å². The van der Waals surface area contributed by atoms with E-state index in [9.17, 15) is 11.0 Å². The summed E-state index contributed by atoms with van der Waals surface area (Å²) in [6, 6.07) is 18.7. The first-order valence-corrected chi connectivity index (χ1v) is 21.8. The molecule has 3 heterocycles. The highest BCUT2D eigenvalue weighted by molar-refractivity contribution is 7.20. The van der Waals surface area contributed by atoms with E-state index in [0.717, 1.165) is 21.5 Å². The summed E-state index contributed by atoms with van der Waals surface area (Å²) in [5.41, 5.74) is 1.49. The van der Waals surface area contributed by atoms with E-state index in [1.165, 1.54) is 24.3 Å². The maximum Gasteiger partial charge on any atom is 0.240 e. The molecule has 12 aromatic rings. The van der Waals surface area contributed by atoms with E-state index >= 15 is 0 Å². The van der Waals surface area contributed by atoms with Crippen molar-refractivity contribution < 1.29 is 26.0 Å². The summed E-state index contributed by atoms with van der Waals surface area (Å²) in [6.45, 7) is 0. The predicted molar refractivity (Wildman–Crippen MR) is 263 cm³/mol. The van der Waals surface area contributed by atoms with Crippen LogP contribution in [-0.4, -0.2) is 32.2 Å². The van der Waals surface area contributed by atoms with E-state index in [1.54, 1.807) is 9.13 Å². The van der Waals surface area contributed by atoms with Crippen LogP contribution in [0.2, 0.25) is 0 Å². The molecule has 0 fully saturated rings. The molecule has 0 unspecified atom stereocenters. The first-order valence-electron chi connectivity index (χ1n) is 29.3. The molecule has 0 aliphatic heterocycles. The third kappa shape index (κ3) is 5.95. The molecule has 0 N–H and O–H groups in total. The van der Waals surface area contributed by atoms with Crippen molar-refractivity contribution in [3.8, 4) is 34.4 Å². The number of rotatable bonds is 8. The molecule has 0 saturated heterocycles. The summed E-state index contributed by atoms with van der Waals surface area (Å²) in [4.78, 5) is 15.2. The topological polar surface area (TPSA) is 48.5 Å². The van der Waals surface area contributed by atoms with Crippen molar-refractivity contribution in [1.29, 1.82) is 0 Å². The van der Waals surface area contributed by atoms with Crippen LogP contribution in [0.25, 0.3) is 78.0 Å². The van der Waals surface area contributed by atoms with Gasteiger partial charge in [-0.25, -0.2) is 0 Å². The van der Waals surface area contributed by atoms with Gasteiger partial charge in [0.15, 0.2) is 13.9 Å². The van der Waals surface area contributed by atoms with Gasteiger partial charge in [-0.1, -0.05) is 212 Å². The van der Waals surface area contributed by atoms with Crippen LogP contribution in [0.1, 0.15) is 26.0 Å². The Kier molecular flexibility index (Phi) is 5.27. The fraction of sp³-hybridized carbons (Fsp3) is 0. The molecule has 0 aliphatic rings. The lowest BCUT2D eigenvalue weighted by atomic mass is 10.1. The largest absolute Gasteiger partial charge is 0.278 e. The minimum atomic E-state index is -5.78. The van der Waals surface area contributed by atoms with E-state index in [2.05, 4.69) is 0 Å². The second kappa shape index (κ2) is 15.1. The van der Waals surface area contributed by atoms with Gasteiger partial charge in [-0.05, 0) is 56.1 Å². The molecule has 12 rings (SSSR count). The van der Waals surface area contributed by atoms with Crippen LogP contribution >= 0.6 is 0 Å². The summed E-state index contributed by atoms with van der Waals surface area (Å²) < 4.78 is 180. The third-order valence-electron chi connectivity index (χ3n) is 11.2. The Bertz CT molecular complexity index is 4400. The van der Waals surface area contributed by atoms with Gasteiger partial charge in [0.05, 0.1) is 48.1 Å². The fourth-order valence-electron chi connectivity index (χ4n) is 8.57. The van der Waals surface area contributed by atoms with Crippen LogP contribution in [0.3, 0.4) is 0 Å². The zero-order chi connectivity index (χ0) is 58.3. The van der Waals surface area contributed by atoms with Crippen molar-refractivity contribution in [2.24, 2.45) is 0 Å². The minimum Gasteiger partial charge on any atom is -0.278 e. The van der Waals surface area contributed by atoms with Gasteiger partial charge in [0.25, 0.3) is 0 Å². The number of fused-ring (bicyclic) bond motifs is 6. The Morgan fingerprint density at radius 2 is 0.778 bits per heavy atom. The highest BCUT2D eigenvalue weighted by atomic mass is 28.3. The molecule has 9 aromatic carbocycles. The second-order valence-corrected chi connectivity index (χ2v) is 18.2. The van der Waals surface area contributed by atoms with Gasteiger partial charge in [-0.2, -0.15) is 15.0 Å². The number of para-hydroxylation sites is 4. The Morgan fingerprint density at radius 3 is 1.27 bits per heavy atom. The van der Waals surface area contributed by atoms with Gasteiger partial charge < -0.3 is 0 Å². The summed E-state index contributed by atoms with van der Waals surface area (Å²) >= 11 is 0. The van der Waals surface area contributed by atoms with Crippen molar-refractivity contribution in [1.82, 2.24) is 24.1 Å². The molecule has 3 aromatic heterocycles.